The maximum Gasteiger partial charge on any atom is 0.251 e. The molecule has 0 bridgehead atoms. The van der Waals surface area contributed by atoms with Crippen molar-refractivity contribution in [2.24, 2.45) is 5.73 Å². The van der Waals surface area contributed by atoms with Gasteiger partial charge in [-0.1, -0.05) is 12.1 Å². The number of benzene rings is 1. The van der Waals surface area contributed by atoms with Crippen LogP contribution in [0.1, 0.15) is 29.8 Å². The second-order valence-corrected chi connectivity index (χ2v) is 4.08. The van der Waals surface area contributed by atoms with Crippen molar-refractivity contribution in [1.82, 2.24) is 5.32 Å². The van der Waals surface area contributed by atoms with E-state index in [2.05, 4.69) is 5.32 Å². The fourth-order valence-electron chi connectivity index (χ4n) is 1.35. The zero-order valence-corrected chi connectivity index (χ0v) is 11.6. The second kappa shape index (κ2) is 8.91. The zero-order valence-electron chi connectivity index (χ0n) is 10.8. The van der Waals surface area contributed by atoms with Crippen molar-refractivity contribution in [1.29, 1.82) is 0 Å². The van der Waals surface area contributed by atoms with E-state index >= 15 is 0 Å². The Morgan fingerprint density at radius 1 is 1.33 bits per heavy atom. The van der Waals surface area contributed by atoms with Crippen LogP contribution >= 0.6 is 12.4 Å². The van der Waals surface area contributed by atoms with Crippen LogP contribution in [0.15, 0.2) is 24.3 Å². The first-order valence-corrected chi connectivity index (χ1v) is 5.82. The molecule has 0 aromatic heterocycles. The van der Waals surface area contributed by atoms with Crippen LogP contribution in [-0.4, -0.2) is 25.2 Å². The van der Waals surface area contributed by atoms with Gasteiger partial charge in [0.2, 0.25) is 0 Å². The summed E-state index contributed by atoms with van der Waals surface area (Å²) < 4.78 is 5.33. The first-order chi connectivity index (χ1) is 8.13. The smallest absolute Gasteiger partial charge is 0.251 e. The largest absolute Gasteiger partial charge is 0.377 e. The Kier molecular flexibility index (Phi) is 8.37. The van der Waals surface area contributed by atoms with Gasteiger partial charge in [0.05, 0.1) is 12.7 Å². The Bertz CT molecular complexity index is 353. The predicted molar refractivity (Wildman–Crippen MR) is 75.0 cm³/mol. The second-order valence-electron chi connectivity index (χ2n) is 4.08. The summed E-state index contributed by atoms with van der Waals surface area (Å²) in [5, 5.41) is 2.80. The van der Waals surface area contributed by atoms with Crippen LogP contribution in [0.2, 0.25) is 0 Å². The van der Waals surface area contributed by atoms with Crippen molar-refractivity contribution in [3.63, 3.8) is 0 Å². The summed E-state index contributed by atoms with van der Waals surface area (Å²) in [5.41, 5.74) is 7.15. The number of ether oxygens (including phenoxy) is 1. The standard InChI is InChI=1S/C13H20N2O2.ClH/c1-10(2)17-8-7-15-13(16)12-5-3-11(9-14)4-6-12;/h3-6,10H,7-9,14H2,1-2H3,(H,15,16);1H. The molecule has 1 aromatic rings. The number of rotatable bonds is 6. The van der Waals surface area contributed by atoms with Gasteiger partial charge >= 0.3 is 0 Å². The van der Waals surface area contributed by atoms with Gasteiger partial charge in [0.1, 0.15) is 0 Å². The Labute approximate surface area is 114 Å². The number of nitrogens with one attached hydrogen (secondary N) is 1. The fourth-order valence-corrected chi connectivity index (χ4v) is 1.35. The molecular weight excluding hydrogens is 252 g/mol. The highest BCUT2D eigenvalue weighted by Crippen LogP contribution is 2.03. The van der Waals surface area contributed by atoms with E-state index in [4.69, 9.17) is 10.5 Å². The van der Waals surface area contributed by atoms with Crippen LogP contribution in [0.4, 0.5) is 0 Å². The molecule has 1 aromatic carbocycles. The van der Waals surface area contributed by atoms with Gasteiger partial charge in [-0.3, -0.25) is 4.79 Å². The molecule has 5 heteroatoms. The molecule has 0 aliphatic rings. The van der Waals surface area contributed by atoms with Gasteiger partial charge in [0.15, 0.2) is 0 Å². The summed E-state index contributed by atoms with van der Waals surface area (Å²) in [4.78, 5) is 11.7. The van der Waals surface area contributed by atoms with Crippen LogP contribution in [0.5, 0.6) is 0 Å². The van der Waals surface area contributed by atoms with Gasteiger partial charge in [-0.05, 0) is 31.5 Å². The van der Waals surface area contributed by atoms with Gasteiger partial charge in [-0.15, -0.1) is 12.4 Å². The summed E-state index contributed by atoms with van der Waals surface area (Å²) in [7, 11) is 0. The SMILES string of the molecule is CC(C)OCCNC(=O)c1ccc(CN)cc1.Cl. The Balaban J connectivity index is 0.00000289. The lowest BCUT2D eigenvalue weighted by Gasteiger charge is -2.08. The highest BCUT2D eigenvalue weighted by Gasteiger charge is 2.04. The highest BCUT2D eigenvalue weighted by atomic mass is 35.5. The molecule has 0 atom stereocenters. The van der Waals surface area contributed by atoms with Crippen molar-refractivity contribution in [3.05, 3.63) is 35.4 Å². The number of amides is 1. The molecule has 1 rings (SSSR count). The summed E-state index contributed by atoms with van der Waals surface area (Å²) in [6.07, 6.45) is 0.190. The molecule has 0 aliphatic heterocycles. The lowest BCUT2D eigenvalue weighted by atomic mass is 10.1. The summed E-state index contributed by atoms with van der Waals surface area (Å²) in [5.74, 6) is -0.0825. The average Bonchev–Trinajstić information content (AvgIpc) is 2.34. The topological polar surface area (TPSA) is 64.3 Å². The third-order valence-corrected chi connectivity index (χ3v) is 2.29. The number of halogens is 1. The van der Waals surface area contributed by atoms with Gasteiger partial charge in [-0.25, -0.2) is 0 Å². The highest BCUT2D eigenvalue weighted by molar-refractivity contribution is 5.94. The Hall–Kier alpha value is -1.10. The van der Waals surface area contributed by atoms with Crippen molar-refractivity contribution < 1.29 is 9.53 Å². The van der Waals surface area contributed by atoms with E-state index in [1.165, 1.54) is 0 Å². The van der Waals surface area contributed by atoms with Gasteiger partial charge in [0.25, 0.3) is 5.91 Å². The van der Waals surface area contributed by atoms with Gasteiger partial charge in [-0.2, -0.15) is 0 Å². The average molecular weight is 273 g/mol. The maximum atomic E-state index is 11.7. The lowest BCUT2D eigenvalue weighted by molar-refractivity contribution is 0.0746. The molecule has 1 amide bonds. The van der Waals surface area contributed by atoms with E-state index in [1.807, 2.05) is 26.0 Å². The van der Waals surface area contributed by atoms with Crippen molar-refractivity contribution in [2.45, 2.75) is 26.5 Å². The molecule has 0 radical (unpaired) electrons. The fraction of sp³-hybridized carbons (Fsp3) is 0.462. The first kappa shape index (κ1) is 16.9. The molecular formula is C13H21ClN2O2. The minimum atomic E-state index is -0.0825. The third kappa shape index (κ3) is 6.00. The van der Waals surface area contributed by atoms with E-state index in [0.717, 1.165) is 5.56 Å². The predicted octanol–water partition coefficient (Wildman–Crippen LogP) is 1.72. The van der Waals surface area contributed by atoms with E-state index in [0.29, 0.717) is 25.3 Å². The zero-order chi connectivity index (χ0) is 12.7. The maximum absolute atomic E-state index is 11.7. The number of hydrogen-bond donors (Lipinski definition) is 2. The van der Waals surface area contributed by atoms with Crippen LogP contribution < -0.4 is 11.1 Å². The molecule has 0 saturated heterocycles. The number of nitrogens with two attached hydrogens (primary N) is 1. The van der Waals surface area contributed by atoms with Gasteiger partial charge in [0, 0.05) is 18.7 Å². The van der Waals surface area contributed by atoms with Crippen molar-refractivity contribution >= 4 is 18.3 Å². The molecule has 0 heterocycles. The number of carbonyl (C=O) groups is 1. The molecule has 0 aliphatic carbocycles. The van der Waals surface area contributed by atoms with E-state index in [9.17, 15) is 4.79 Å². The van der Waals surface area contributed by atoms with Gasteiger partial charge < -0.3 is 15.8 Å². The molecule has 0 spiro atoms. The van der Waals surface area contributed by atoms with Crippen molar-refractivity contribution in [3.8, 4) is 0 Å². The van der Waals surface area contributed by atoms with E-state index in [1.54, 1.807) is 12.1 Å². The van der Waals surface area contributed by atoms with Crippen LogP contribution in [0.25, 0.3) is 0 Å². The molecule has 3 N–H and O–H groups in total. The summed E-state index contributed by atoms with van der Waals surface area (Å²) in [6.45, 7) is 5.48. The third-order valence-electron chi connectivity index (χ3n) is 2.29. The minimum Gasteiger partial charge on any atom is -0.377 e. The normalized spacial score (nSPS) is 10.0. The first-order valence-electron chi connectivity index (χ1n) is 5.82. The molecule has 4 nitrogen and oxygen atoms in total. The van der Waals surface area contributed by atoms with Crippen molar-refractivity contribution in [2.75, 3.05) is 13.2 Å². The molecule has 0 unspecified atom stereocenters. The summed E-state index contributed by atoms with van der Waals surface area (Å²) in [6, 6.07) is 7.28. The Morgan fingerprint density at radius 2 is 1.94 bits per heavy atom. The number of hydrogen-bond acceptors (Lipinski definition) is 3. The number of carbonyl (C=O) groups excluding carboxylic acids is 1. The quantitative estimate of drug-likeness (QED) is 0.775. The Morgan fingerprint density at radius 3 is 2.44 bits per heavy atom. The lowest BCUT2D eigenvalue weighted by Crippen LogP contribution is -2.28. The van der Waals surface area contributed by atoms with E-state index < -0.39 is 0 Å². The van der Waals surface area contributed by atoms with E-state index in [-0.39, 0.29) is 24.4 Å². The monoisotopic (exact) mass is 272 g/mol. The van der Waals surface area contributed by atoms with Crippen LogP contribution in [-0.2, 0) is 11.3 Å². The van der Waals surface area contributed by atoms with Crippen LogP contribution in [0, 0.1) is 0 Å². The summed E-state index contributed by atoms with van der Waals surface area (Å²) >= 11 is 0. The minimum absolute atomic E-state index is 0. The molecule has 102 valence electrons. The molecule has 18 heavy (non-hydrogen) atoms. The van der Waals surface area contributed by atoms with Crippen LogP contribution in [0.3, 0.4) is 0 Å². The molecule has 0 fully saturated rings. The molecule has 0 saturated carbocycles.